The van der Waals surface area contributed by atoms with E-state index in [0.29, 0.717) is 68.9 Å². The van der Waals surface area contributed by atoms with Gasteiger partial charge in [-0.05, 0) is 150 Å². The van der Waals surface area contributed by atoms with Gasteiger partial charge in [0.05, 0.1) is 19.8 Å². The molecule has 0 spiro atoms. The number of amides is 3. The number of allylic oxidation sites excluding steroid dienone is 1. The second kappa shape index (κ2) is 27.2. The number of rotatable bonds is 9. The lowest BCUT2D eigenvalue weighted by Gasteiger charge is -2.26. The van der Waals surface area contributed by atoms with Gasteiger partial charge in [-0.25, -0.2) is 28.0 Å². The van der Waals surface area contributed by atoms with Crippen LogP contribution < -0.4 is 5.32 Å². The van der Waals surface area contributed by atoms with Gasteiger partial charge in [0.15, 0.2) is 0 Å². The van der Waals surface area contributed by atoms with E-state index in [1.165, 1.54) is 11.0 Å². The minimum atomic E-state index is -0.915. The van der Waals surface area contributed by atoms with Crippen LogP contribution in [0.15, 0.2) is 59.2 Å². The van der Waals surface area contributed by atoms with Crippen molar-refractivity contribution in [3.8, 4) is 0 Å². The van der Waals surface area contributed by atoms with E-state index in [0.717, 1.165) is 54.5 Å². The molecule has 17 heteroatoms. The highest BCUT2D eigenvalue weighted by atomic mass is 19.1. The highest BCUT2D eigenvalue weighted by molar-refractivity contribution is 6.05. The molecule has 1 unspecified atom stereocenters. The largest absolute Gasteiger partial charge is 0.465 e. The molecule has 2 aromatic carbocycles. The van der Waals surface area contributed by atoms with Crippen LogP contribution in [0.25, 0.3) is 5.57 Å². The zero-order chi connectivity index (χ0) is 51.5. The number of benzene rings is 2. The van der Waals surface area contributed by atoms with Gasteiger partial charge in [-0.1, -0.05) is 30.2 Å². The van der Waals surface area contributed by atoms with Crippen LogP contribution in [0.4, 0.5) is 24.1 Å². The zero-order valence-electron chi connectivity index (χ0n) is 42.0. The van der Waals surface area contributed by atoms with Crippen LogP contribution in [0, 0.1) is 17.6 Å². The summed E-state index contributed by atoms with van der Waals surface area (Å²) in [5.41, 5.74) is 2.94. The van der Waals surface area contributed by atoms with Crippen molar-refractivity contribution in [2.24, 2.45) is 5.92 Å². The second-order valence-corrected chi connectivity index (χ2v) is 18.6. The van der Waals surface area contributed by atoms with E-state index in [1.54, 1.807) is 70.7 Å². The summed E-state index contributed by atoms with van der Waals surface area (Å²) in [6.45, 7) is 20.7. The predicted octanol–water partition coefficient (Wildman–Crippen LogP) is 10.2. The number of halogens is 2. The molecule has 1 N–H and O–H groups in total. The molecule has 2 aliphatic heterocycles. The van der Waals surface area contributed by atoms with Crippen molar-refractivity contribution in [1.29, 1.82) is 0 Å². The van der Waals surface area contributed by atoms with E-state index in [2.05, 4.69) is 5.32 Å². The fourth-order valence-electron chi connectivity index (χ4n) is 7.51. The first-order chi connectivity index (χ1) is 32.5. The Morgan fingerprint density at radius 3 is 1.70 bits per heavy atom. The van der Waals surface area contributed by atoms with Crippen molar-refractivity contribution in [2.45, 2.75) is 138 Å². The van der Waals surface area contributed by atoms with E-state index in [-0.39, 0.29) is 49.8 Å². The number of hydrogen-bond donors (Lipinski definition) is 1. The monoisotopic (exact) mass is 968 g/mol. The molecule has 5 rings (SSSR count). The van der Waals surface area contributed by atoms with Crippen molar-refractivity contribution in [3.63, 3.8) is 0 Å². The third-order valence-corrected chi connectivity index (χ3v) is 10.9. The summed E-state index contributed by atoms with van der Waals surface area (Å²) >= 11 is 0. The third-order valence-electron chi connectivity index (χ3n) is 10.9. The molecule has 1 aliphatic carbocycles. The topological polar surface area (TPSA) is 184 Å². The van der Waals surface area contributed by atoms with Crippen molar-refractivity contribution < 1.29 is 66.0 Å². The summed E-state index contributed by atoms with van der Waals surface area (Å²) in [5.74, 6) is -4.66. The molecule has 2 heterocycles. The Morgan fingerprint density at radius 2 is 1.14 bits per heavy atom. The highest BCUT2D eigenvalue weighted by Crippen LogP contribution is 2.33. The number of ether oxygens (including phenoxy) is 5. The Labute approximate surface area is 405 Å². The SMILES string of the molecule is CCOC(=O)C1=C(C)CCN(C(=O)OC(C)(C)C)CC1.CCOC(=O)C1=C(c2ccc(NC(=O)c3c(F)cccc3F)cc2)CCCCC1.CCOC(=O)C1CCN(C(=O)OC(C)(C)C)CCC1=O. The van der Waals surface area contributed by atoms with E-state index < -0.39 is 52.3 Å². The minimum absolute atomic E-state index is 0.155. The summed E-state index contributed by atoms with van der Waals surface area (Å²) in [6.07, 6.45) is 5.30. The van der Waals surface area contributed by atoms with Crippen LogP contribution in [-0.2, 0) is 42.9 Å². The first-order valence-electron chi connectivity index (χ1n) is 23.8. The predicted molar refractivity (Wildman–Crippen MR) is 256 cm³/mol. The van der Waals surface area contributed by atoms with Crippen molar-refractivity contribution in [3.05, 3.63) is 81.9 Å². The van der Waals surface area contributed by atoms with Gasteiger partial charge < -0.3 is 38.8 Å². The number of carbonyl (C=O) groups excluding carboxylic acids is 7. The number of ketones is 1. The summed E-state index contributed by atoms with van der Waals surface area (Å²) in [4.78, 5) is 87.2. The zero-order valence-corrected chi connectivity index (χ0v) is 42.0. The maximum absolute atomic E-state index is 13.8. The third kappa shape index (κ3) is 18.7. The van der Waals surface area contributed by atoms with Crippen LogP contribution in [0.2, 0.25) is 0 Å². The van der Waals surface area contributed by atoms with Crippen LogP contribution in [-0.4, -0.2) is 109 Å². The lowest BCUT2D eigenvalue weighted by molar-refractivity contribution is -0.151. The smallest absolute Gasteiger partial charge is 0.410 e. The molecule has 3 amide bonds. The van der Waals surface area contributed by atoms with Crippen LogP contribution >= 0.6 is 0 Å². The van der Waals surface area contributed by atoms with Gasteiger partial charge in [0.25, 0.3) is 5.91 Å². The van der Waals surface area contributed by atoms with Gasteiger partial charge in [0, 0.05) is 49.4 Å². The van der Waals surface area contributed by atoms with Crippen LogP contribution in [0.5, 0.6) is 0 Å². The van der Waals surface area contributed by atoms with Gasteiger partial charge in [-0.3, -0.25) is 14.4 Å². The lowest BCUT2D eigenvalue weighted by atomic mass is 9.95. The Morgan fingerprint density at radius 1 is 0.638 bits per heavy atom. The van der Waals surface area contributed by atoms with Crippen molar-refractivity contribution >= 4 is 53.0 Å². The normalized spacial score (nSPS) is 16.8. The Bertz CT molecular complexity index is 2170. The quantitative estimate of drug-likeness (QED) is 0.143. The van der Waals surface area contributed by atoms with Gasteiger partial charge in [0.1, 0.15) is 40.1 Å². The standard InChI is InChI=1S/C23H23F2NO3.C15H25NO4.C14H23NO5/c1-2-29-23(28)18-8-5-3-4-7-17(18)15-11-13-16(14-12-15)26-22(27)21-19(24)9-6-10-20(21)25;1-6-19-13(17)12-8-10-16(9-7-11(12)2)14(18)20-15(3,4)5;1-5-19-12(17)10-6-8-15(9-7-11(10)16)13(18)20-14(2,3)4/h6,9-14H,2-5,7-8H2,1H3,(H,26,27);6-10H2,1-5H3;10H,5-9H2,1-4H3. The molecule has 15 nitrogen and oxygen atoms in total. The minimum Gasteiger partial charge on any atom is -0.465 e. The summed E-state index contributed by atoms with van der Waals surface area (Å²) in [6, 6.07) is 10.2. The Hall–Kier alpha value is -6.13. The van der Waals surface area contributed by atoms with Gasteiger partial charge in [-0.2, -0.15) is 0 Å². The molecule has 69 heavy (non-hydrogen) atoms. The average molecular weight is 968 g/mol. The Kier molecular flexibility index (Phi) is 22.5. The first kappa shape index (κ1) is 57.2. The number of nitrogens with zero attached hydrogens (tertiary/aromatic N) is 2. The number of carbonyl (C=O) groups is 7. The number of anilines is 1. The van der Waals surface area contributed by atoms with E-state index >= 15 is 0 Å². The molecule has 0 saturated carbocycles. The summed E-state index contributed by atoms with van der Waals surface area (Å²) < 4.78 is 53.3. The number of Topliss-reactive ketones (excluding diaryl/α,β-unsaturated/α-hetero) is 1. The highest BCUT2D eigenvalue weighted by Gasteiger charge is 2.34. The second-order valence-electron chi connectivity index (χ2n) is 18.6. The number of likely N-dealkylation sites (tertiary alicyclic amines) is 1. The molecule has 380 valence electrons. The van der Waals surface area contributed by atoms with E-state index in [1.807, 2.05) is 27.7 Å². The summed E-state index contributed by atoms with van der Waals surface area (Å²) in [7, 11) is 0. The maximum Gasteiger partial charge on any atom is 0.410 e. The molecular formula is C52H71F2N3O12. The van der Waals surface area contributed by atoms with Gasteiger partial charge in [0.2, 0.25) is 0 Å². The van der Waals surface area contributed by atoms with E-state index in [4.69, 9.17) is 23.7 Å². The average Bonchev–Trinajstić information content (AvgIpc) is 3.72. The molecule has 1 saturated heterocycles. The Balaban J connectivity index is 0.000000282. The van der Waals surface area contributed by atoms with E-state index in [9.17, 15) is 42.3 Å². The molecule has 2 aromatic rings. The van der Waals surface area contributed by atoms with Gasteiger partial charge >= 0.3 is 30.1 Å². The molecule has 0 aromatic heterocycles. The number of nitrogens with one attached hydrogen (secondary N) is 1. The van der Waals surface area contributed by atoms with Crippen molar-refractivity contribution in [1.82, 2.24) is 9.80 Å². The fraction of sp³-hybridized carbons (Fsp3) is 0.558. The maximum atomic E-state index is 13.8. The lowest BCUT2D eigenvalue weighted by Crippen LogP contribution is -2.37. The molecule has 1 atom stereocenters. The molecular weight excluding hydrogens is 897 g/mol. The molecule has 0 bridgehead atoms. The molecule has 0 radical (unpaired) electrons. The molecule has 3 aliphatic rings. The van der Waals surface area contributed by atoms with Gasteiger partial charge in [-0.15, -0.1) is 0 Å². The first-order valence-corrected chi connectivity index (χ1v) is 23.8. The molecule has 1 fully saturated rings. The van der Waals surface area contributed by atoms with Crippen molar-refractivity contribution in [2.75, 3.05) is 51.3 Å². The fourth-order valence-corrected chi connectivity index (χ4v) is 7.51. The van der Waals surface area contributed by atoms with Crippen LogP contribution in [0.3, 0.4) is 0 Å². The number of hydrogen-bond acceptors (Lipinski definition) is 12. The number of esters is 3. The summed E-state index contributed by atoms with van der Waals surface area (Å²) in [5, 5.41) is 2.51. The van der Waals surface area contributed by atoms with Crippen LogP contribution in [0.1, 0.15) is 143 Å².